The van der Waals surface area contributed by atoms with Gasteiger partial charge in [-0.1, -0.05) is 58.7 Å². The maximum Gasteiger partial charge on any atom is 0.322 e. The lowest BCUT2D eigenvalue weighted by Gasteiger charge is -2.26. The third-order valence-electron chi connectivity index (χ3n) is 5.55. The van der Waals surface area contributed by atoms with Gasteiger partial charge < -0.3 is 24.5 Å². The Kier molecular flexibility index (Phi) is 8.00. The highest BCUT2D eigenvalue weighted by Crippen LogP contribution is 2.27. The highest BCUT2D eigenvalue weighted by molar-refractivity contribution is 6.42. The zero-order chi connectivity index (χ0) is 24.8. The van der Waals surface area contributed by atoms with E-state index in [1.165, 1.54) is 0 Å². The van der Waals surface area contributed by atoms with Gasteiger partial charge in [0.1, 0.15) is 11.5 Å². The van der Waals surface area contributed by atoms with E-state index in [0.717, 1.165) is 22.6 Å². The fraction of sp³-hybridized carbons (Fsp3) is 0.231. The Bertz CT molecular complexity index is 1230. The van der Waals surface area contributed by atoms with E-state index in [4.69, 9.17) is 37.5 Å². The van der Waals surface area contributed by atoms with Gasteiger partial charge in [0, 0.05) is 18.5 Å². The van der Waals surface area contributed by atoms with Crippen molar-refractivity contribution in [3.63, 3.8) is 0 Å². The molecule has 0 radical (unpaired) electrons. The molecule has 0 bridgehead atoms. The lowest BCUT2D eigenvalue weighted by atomic mass is 10.0. The number of nitrogens with one attached hydrogen (secondary N) is 1. The van der Waals surface area contributed by atoms with Crippen LogP contribution in [-0.4, -0.2) is 43.5 Å². The highest BCUT2D eigenvalue weighted by atomic mass is 35.5. The predicted molar refractivity (Wildman–Crippen MR) is 138 cm³/mol. The monoisotopic (exact) mass is 513 g/mol. The average molecular weight is 514 g/mol. The van der Waals surface area contributed by atoms with E-state index in [9.17, 15) is 4.79 Å². The highest BCUT2D eigenvalue weighted by Gasteiger charge is 2.27. The quantitative estimate of drug-likeness (QED) is 0.387. The van der Waals surface area contributed by atoms with Crippen LogP contribution in [0.2, 0.25) is 10.0 Å². The smallest absolute Gasteiger partial charge is 0.322 e. The molecular weight excluding hydrogens is 489 g/mol. The number of oxime groups is 1. The number of carbonyl (C=O) groups excluding carboxylic acids is 1. The Labute approximate surface area is 214 Å². The minimum atomic E-state index is -0.325. The molecule has 2 amide bonds. The summed E-state index contributed by atoms with van der Waals surface area (Å²) in [7, 11) is 3.17. The molecule has 7 nitrogen and oxygen atoms in total. The van der Waals surface area contributed by atoms with Crippen molar-refractivity contribution in [3.8, 4) is 11.5 Å². The zero-order valence-electron chi connectivity index (χ0n) is 19.3. The van der Waals surface area contributed by atoms with Gasteiger partial charge in [0.05, 0.1) is 42.2 Å². The van der Waals surface area contributed by atoms with Crippen LogP contribution in [0.25, 0.3) is 0 Å². The number of nitrogens with zero attached hydrogens (tertiary/aromatic N) is 2. The molecule has 0 aromatic heterocycles. The molecule has 1 aliphatic rings. The lowest BCUT2D eigenvalue weighted by Crippen LogP contribution is -2.40. The van der Waals surface area contributed by atoms with Gasteiger partial charge in [-0.15, -0.1) is 0 Å². The first-order valence-electron chi connectivity index (χ1n) is 11.0. The summed E-state index contributed by atoms with van der Waals surface area (Å²) in [5.41, 5.74) is 3.08. The molecule has 0 saturated heterocycles. The molecule has 1 unspecified atom stereocenters. The van der Waals surface area contributed by atoms with Crippen molar-refractivity contribution in [3.05, 3.63) is 87.9 Å². The second-order valence-electron chi connectivity index (χ2n) is 7.96. The fourth-order valence-corrected chi connectivity index (χ4v) is 4.07. The van der Waals surface area contributed by atoms with Crippen LogP contribution < -0.4 is 14.8 Å². The Morgan fingerprint density at radius 2 is 1.89 bits per heavy atom. The van der Waals surface area contributed by atoms with E-state index in [1.807, 2.05) is 42.5 Å². The second-order valence-corrected chi connectivity index (χ2v) is 8.78. The number of benzene rings is 3. The van der Waals surface area contributed by atoms with Crippen LogP contribution in [0.4, 0.5) is 10.5 Å². The zero-order valence-corrected chi connectivity index (χ0v) is 20.8. The summed E-state index contributed by atoms with van der Waals surface area (Å²) in [5.74, 6) is 1.29. The maximum atomic E-state index is 13.4. The summed E-state index contributed by atoms with van der Waals surface area (Å²) in [6, 6.07) is 19.9. The fourth-order valence-electron chi connectivity index (χ4n) is 3.77. The molecule has 9 heteroatoms. The van der Waals surface area contributed by atoms with Gasteiger partial charge in [0.25, 0.3) is 0 Å². The number of carbonyl (C=O) groups is 1. The molecule has 0 aliphatic carbocycles. The molecule has 0 spiro atoms. The number of ether oxygens (including phenoxy) is 2. The normalized spacial score (nSPS) is 14.6. The minimum absolute atomic E-state index is 0.288. The molecular formula is C26H25Cl2N3O4. The van der Waals surface area contributed by atoms with Crippen molar-refractivity contribution >= 4 is 40.6 Å². The molecule has 1 atom stereocenters. The summed E-state index contributed by atoms with van der Waals surface area (Å²) in [6.45, 7) is 0.659. The second kappa shape index (κ2) is 11.3. The molecule has 1 heterocycles. The van der Waals surface area contributed by atoms with Gasteiger partial charge >= 0.3 is 6.03 Å². The van der Waals surface area contributed by atoms with Crippen LogP contribution >= 0.6 is 23.2 Å². The summed E-state index contributed by atoms with van der Waals surface area (Å²) in [4.78, 5) is 20.7. The Morgan fingerprint density at radius 3 is 2.66 bits per heavy atom. The Balaban J connectivity index is 1.51. The number of methoxy groups -OCH3 is 2. The maximum absolute atomic E-state index is 13.4. The molecule has 3 aromatic rings. The first kappa shape index (κ1) is 24.7. The van der Waals surface area contributed by atoms with Crippen molar-refractivity contribution in [1.29, 1.82) is 0 Å². The van der Waals surface area contributed by atoms with Crippen LogP contribution in [0, 0.1) is 0 Å². The van der Waals surface area contributed by atoms with Crippen LogP contribution in [0.1, 0.15) is 17.5 Å². The Morgan fingerprint density at radius 1 is 1.06 bits per heavy atom. The van der Waals surface area contributed by atoms with Crippen LogP contribution in [0.5, 0.6) is 11.5 Å². The van der Waals surface area contributed by atoms with Gasteiger partial charge in [-0.3, -0.25) is 0 Å². The molecule has 1 N–H and O–H groups in total. The van der Waals surface area contributed by atoms with Gasteiger partial charge in [-0.05, 0) is 42.0 Å². The van der Waals surface area contributed by atoms with Crippen molar-refractivity contribution < 1.29 is 19.1 Å². The molecule has 0 saturated carbocycles. The van der Waals surface area contributed by atoms with E-state index in [0.29, 0.717) is 41.0 Å². The number of amides is 2. The molecule has 182 valence electrons. The summed E-state index contributed by atoms with van der Waals surface area (Å²) in [5, 5.41) is 8.11. The molecule has 35 heavy (non-hydrogen) atoms. The number of hydrogen-bond donors (Lipinski definition) is 1. The minimum Gasteiger partial charge on any atom is -0.497 e. The summed E-state index contributed by atoms with van der Waals surface area (Å²) >= 11 is 12.2. The van der Waals surface area contributed by atoms with Gasteiger partial charge in [-0.2, -0.15) is 0 Å². The average Bonchev–Trinajstić information content (AvgIpc) is 3.34. The third-order valence-corrected chi connectivity index (χ3v) is 6.29. The number of halogens is 2. The van der Waals surface area contributed by atoms with E-state index < -0.39 is 0 Å². The van der Waals surface area contributed by atoms with E-state index in [2.05, 4.69) is 10.5 Å². The SMILES string of the molecule is COc1cccc(CN(CC2CC(c3ccc(Cl)c(Cl)c3)=NO2)C(=O)Nc2ccccc2OC)c1. The first-order chi connectivity index (χ1) is 17.0. The third kappa shape index (κ3) is 6.18. The van der Waals surface area contributed by atoms with Crippen molar-refractivity contribution in [2.75, 3.05) is 26.1 Å². The van der Waals surface area contributed by atoms with Crippen molar-refractivity contribution in [2.24, 2.45) is 5.16 Å². The Hall–Kier alpha value is -3.42. The van der Waals surface area contributed by atoms with E-state index >= 15 is 0 Å². The van der Waals surface area contributed by atoms with Crippen LogP contribution in [0.15, 0.2) is 71.9 Å². The largest absolute Gasteiger partial charge is 0.497 e. The molecule has 4 rings (SSSR count). The van der Waals surface area contributed by atoms with E-state index in [1.54, 1.807) is 43.4 Å². The van der Waals surface area contributed by atoms with Crippen LogP contribution in [0.3, 0.4) is 0 Å². The number of anilines is 1. The van der Waals surface area contributed by atoms with Crippen LogP contribution in [-0.2, 0) is 11.4 Å². The van der Waals surface area contributed by atoms with Crippen molar-refractivity contribution in [2.45, 2.75) is 19.1 Å². The number of hydrogen-bond acceptors (Lipinski definition) is 5. The van der Waals surface area contributed by atoms with Gasteiger partial charge in [0.2, 0.25) is 0 Å². The molecule has 0 fully saturated rings. The summed E-state index contributed by atoms with van der Waals surface area (Å²) < 4.78 is 10.7. The number of urea groups is 1. The lowest BCUT2D eigenvalue weighted by molar-refractivity contribution is 0.0608. The number of rotatable bonds is 8. The molecule has 1 aliphatic heterocycles. The predicted octanol–water partition coefficient (Wildman–Crippen LogP) is 6.24. The van der Waals surface area contributed by atoms with Crippen molar-refractivity contribution in [1.82, 2.24) is 4.90 Å². The van der Waals surface area contributed by atoms with E-state index in [-0.39, 0.29) is 12.1 Å². The topological polar surface area (TPSA) is 72.4 Å². The molecule has 3 aromatic carbocycles. The van der Waals surface area contributed by atoms with Gasteiger partial charge in [0.15, 0.2) is 6.10 Å². The standard InChI is InChI=1S/C26H25Cl2N3O4/c1-33-19-7-5-6-17(12-19)15-31(26(32)29-23-8-3-4-9-25(23)34-2)16-20-14-24(30-35-20)18-10-11-21(27)22(28)13-18/h3-13,20H,14-16H2,1-2H3,(H,29,32). The first-order valence-corrected chi connectivity index (χ1v) is 11.7. The van der Waals surface area contributed by atoms with Gasteiger partial charge in [-0.25, -0.2) is 4.79 Å². The number of para-hydroxylation sites is 2. The summed E-state index contributed by atoms with van der Waals surface area (Å²) in [6.07, 6.45) is 0.197.